The Balaban J connectivity index is 1.54. The molecule has 5 rings (SSSR count). The van der Waals surface area contributed by atoms with Gasteiger partial charge < -0.3 is 4.74 Å². The average Bonchev–Trinajstić information content (AvgIpc) is 3.13. The van der Waals surface area contributed by atoms with Gasteiger partial charge in [0, 0.05) is 5.56 Å². The summed E-state index contributed by atoms with van der Waals surface area (Å²) in [5.74, 6) is 0.624. The van der Waals surface area contributed by atoms with Gasteiger partial charge >= 0.3 is 0 Å². The van der Waals surface area contributed by atoms with Crippen LogP contribution in [0.4, 0.5) is 5.69 Å². The summed E-state index contributed by atoms with van der Waals surface area (Å²) < 4.78 is 6.77. The molecule has 0 N–H and O–H groups in total. The van der Waals surface area contributed by atoms with E-state index in [1.54, 1.807) is 4.90 Å². The molecule has 1 amide bonds. The van der Waals surface area contributed by atoms with Crippen LogP contribution in [0.2, 0.25) is 0 Å². The van der Waals surface area contributed by atoms with Crippen molar-refractivity contribution in [2.24, 2.45) is 0 Å². The van der Waals surface area contributed by atoms with Crippen molar-refractivity contribution in [1.29, 1.82) is 0 Å². The molecule has 34 heavy (non-hydrogen) atoms. The highest BCUT2D eigenvalue weighted by Crippen LogP contribution is 2.39. The zero-order valence-electron chi connectivity index (χ0n) is 18.9. The van der Waals surface area contributed by atoms with Crippen molar-refractivity contribution < 1.29 is 9.53 Å². The Hall–Kier alpha value is -3.41. The molecule has 0 bridgehead atoms. The topological polar surface area (TPSA) is 29.5 Å². The highest BCUT2D eigenvalue weighted by Gasteiger charge is 2.33. The van der Waals surface area contributed by atoms with Crippen molar-refractivity contribution in [2.75, 3.05) is 4.90 Å². The maximum atomic E-state index is 13.5. The van der Waals surface area contributed by atoms with Crippen LogP contribution in [0, 0.1) is 13.8 Å². The molecule has 1 aliphatic rings. The van der Waals surface area contributed by atoms with Gasteiger partial charge in [-0.2, -0.15) is 0 Å². The molecule has 0 spiro atoms. The molecule has 0 atom stereocenters. The summed E-state index contributed by atoms with van der Waals surface area (Å²) in [6.45, 7) is 4.54. The molecular formula is C29H23NO2S2. The minimum absolute atomic E-state index is 0.111. The van der Waals surface area contributed by atoms with Gasteiger partial charge in [-0.25, -0.2) is 0 Å². The molecule has 0 radical (unpaired) electrons. The monoisotopic (exact) mass is 481 g/mol. The largest absolute Gasteiger partial charge is 0.488 e. The van der Waals surface area contributed by atoms with E-state index in [1.165, 1.54) is 17.3 Å². The number of fused-ring (bicyclic) bond motifs is 1. The van der Waals surface area contributed by atoms with Gasteiger partial charge in [0.15, 0.2) is 4.32 Å². The molecule has 5 heteroatoms. The Kier molecular flexibility index (Phi) is 6.22. The Morgan fingerprint density at radius 3 is 2.47 bits per heavy atom. The Morgan fingerprint density at radius 2 is 1.68 bits per heavy atom. The highest BCUT2D eigenvalue weighted by atomic mass is 32.2. The lowest BCUT2D eigenvalue weighted by Gasteiger charge is -2.16. The number of ether oxygens (including phenoxy) is 1. The number of thioether (sulfide) groups is 1. The molecule has 1 saturated heterocycles. The maximum Gasteiger partial charge on any atom is 0.270 e. The predicted octanol–water partition coefficient (Wildman–Crippen LogP) is 7.44. The Bertz CT molecular complexity index is 1440. The third-order valence-corrected chi connectivity index (χ3v) is 7.29. The van der Waals surface area contributed by atoms with E-state index in [0.717, 1.165) is 38.9 Å². The van der Waals surface area contributed by atoms with Crippen LogP contribution in [0.15, 0.2) is 89.8 Å². The predicted molar refractivity (Wildman–Crippen MR) is 146 cm³/mol. The first-order valence-electron chi connectivity index (χ1n) is 11.0. The minimum Gasteiger partial charge on any atom is -0.488 e. The maximum absolute atomic E-state index is 13.5. The fourth-order valence-electron chi connectivity index (χ4n) is 3.97. The van der Waals surface area contributed by atoms with Crippen molar-refractivity contribution in [2.45, 2.75) is 20.5 Å². The fourth-order valence-corrected chi connectivity index (χ4v) is 5.25. The van der Waals surface area contributed by atoms with Crippen molar-refractivity contribution in [1.82, 2.24) is 0 Å². The van der Waals surface area contributed by atoms with Crippen molar-refractivity contribution in [3.05, 3.63) is 112 Å². The van der Waals surface area contributed by atoms with E-state index in [0.29, 0.717) is 15.8 Å². The van der Waals surface area contributed by atoms with Crippen LogP contribution in [0.1, 0.15) is 22.3 Å². The molecular weight excluding hydrogens is 458 g/mol. The van der Waals surface area contributed by atoms with Gasteiger partial charge in [-0.05, 0) is 65.6 Å². The third kappa shape index (κ3) is 4.37. The van der Waals surface area contributed by atoms with Gasteiger partial charge in [-0.1, -0.05) is 90.7 Å². The molecule has 0 aliphatic carbocycles. The Labute approximate surface area is 209 Å². The number of aryl methyl sites for hydroxylation is 2. The van der Waals surface area contributed by atoms with Crippen LogP contribution in [-0.2, 0) is 11.4 Å². The summed E-state index contributed by atoms with van der Waals surface area (Å²) in [5, 5.41) is 2.12. The lowest BCUT2D eigenvalue weighted by atomic mass is 10.0. The SMILES string of the molecule is Cc1ccc(N2C(=O)/C(=C\c3c(OCc4ccccc4)ccc4ccccc34)SC2=S)cc1C. The van der Waals surface area contributed by atoms with E-state index < -0.39 is 0 Å². The van der Waals surface area contributed by atoms with E-state index in [1.807, 2.05) is 85.8 Å². The molecule has 4 aromatic carbocycles. The second-order valence-corrected chi connectivity index (χ2v) is 9.93. The van der Waals surface area contributed by atoms with Gasteiger partial charge in [0.05, 0.1) is 10.6 Å². The van der Waals surface area contributed by atoms with Crippen LogP contribution < -0.4 is 9.64 Å². The molecule has 0 aromatic heterocycles. The number of hydrogen-bond donors (Lipinski definition) is 0. The summed E-state index contributed by atoms with van der Waals surface area (Å²) >= 11 is 6.94. The summed E-state index contributed by atoms with van der Waals surface area (Å²) in [4.78, 5) is 15.7. The zero-order chi connectivity index (χ0) is 23.7. The van der Waals surface area contributed by atoms with Gasteiger partial charge in [0.25, 0.3) is 5.91 Å². The van der Waals surface area contributed by atoms with Crippen molar-refractivity contribution in [3.8, 4) is 5.75 Å². The van der Waals surface area contributed by atoms with E-state index in [9.17, 15) is 4.79 Å². The number of carbonyl (C=O) groups excluding carboxylic acids is 1. The summed E-state index contributed by atoms with van der Waals surface area (Å²) in [5.41, 5.74) is 5.08. The lowest BCUT2D eigenvalue weighted by molar-refractivity contribution is -0.113. The van der Waals surface area contributed by atoms with Crippen molar-refractivity contribution >= 4 is 56.7 Å². The summed E-state index contributed by atoms with van der Waals surface area (Å²) in [6.07, 6.45) is 1.92. The molecule has 3 nitrogen and oxygen atoms in total. The quantitative estimate of drug-likeness (QED) is 0.219. The highest BCUT2D eigenvalue weighted by molar-refractivity contribution is 8.27. The van der Waals surface area contributed by atoms with E-state index in [-0.39, 0.29) is 5.91 Å². The number of thiocarbonyl (C=S) groups is 1. The normalized spacial score (nSPS) is 14.9. The van der Waals surface area contributed by atoms with E-state index in [2.05, 4.69) is 19.1 Å². The van der Waals surface area contributed by atoms with E-state index in [4.69, 9.17) is 17.0 Å². The van der Waals surface area contributed by atoms with E-state index >= 15 is 0 Å². The van der Waals surface area contributed by atoms with Crippen LogP contribution in [0.5, 0.6) is 5.75 Å². The van der Waals surface area contributed by atoms with Gasteiger partial charge in [0.2, 0.25) is 0 Å². The number of amides is 1. The summed E-state index contributed by atoms with van der Waals surface area (Å²) in [7, 11) is 0. The zero-order valence-corrected chi connectivity index (χ0v) is 20.6. The van der Waals surface area contributed by atoms with Crippen molar-refractivity contribution in [3.63, 3.8) is 0 Å². The van der Waals surface area contributed by atoms with Gasteiger partial charge in [0.1, 0.15) is 12.4 Å². The summed E-state index contributed by atoms with van der Waals surface area (Å²) in [6, 6.07) is 28.2. The second-order valence-electron chi connectivity index (χ2n) is 8.26. The molecule has 1 aliphatic heterocycles. The fraction of sp³-hybridized carbons (Fsp3) is 0.103. The van der Waals surface area contributed by atoms with Gasteiger partial charge in [-0.15, -0.1) is 0 Å². The van der Waals surface area contributed by atoms with Crippen LogP contribution >= 0.6 is 24.0 Å². The number of hydrogen-bond acceptors (Lipinski definition) is 4. The first-order chi connectivity index (χ1) is 16.5. The second kappa shape index (κ2) is 9.45. The average molecular weight is 482 g/mol. The van der Waals surface area contributed by atoms with Crippen LogP contribution in [0.3, 0.4) is 0 Å². The van der Waals surface area contributed by atoms with Gasteiger partial charge in [-0.3, -0.25) is 9.69 Å². The molecule has 0 saturated carbocycles. The molecule has 168 valence electrons. The number of nitrogens with zero attached hydrogens (tertiary/aromatic N) is 1. The Morgan fingerprint density at radius 1 is 0.912 bits per heavy atom. The molecule has 4 aromatic rings. The standard InChI is InChI=1S/C29H23NO2S2/c1-19-12-14-23(16-20(19)2)30-28(31)27(34-29(30)33)17-25-24-11-7-6-10-22(24)13-15-26(25)32-18-21-8-4-3-5-9-21/h3-17H,18H2,1-2H3/b27-17+. The number of benzene rings is 4. The smallest absolute Gasteiger partial charge is 0.270 e. The number of rotatable bonds is 5. The first kappa shape index (κ1) is 22.4. The third-order valence-electron chi connectivity index (χ3n) is 5.99. The lowest BCUT2D eigenvalue weighted by Crippen LogP contribution is -2.27. The number of anilines is 1. The molecule has 1 fully saturated rings. The minimum atomic E-state index is -0.111. The van der Waals surface area contributed by atoms with Crippen LogP contribution in [-0.4, -0.2) is 10.2 Å². The molecule has 1 heterocycles. The number of carbonyl (C=O) groups is 1. The first-order valence-corrected chi connectivity index (χ1v) is 12.3. The molecule has 0 unspecified atom stereocenters. The van der Waals surface area contributed by atoms with Crippen LogP contribution in [0.25, 0.3) is 16.8 Å².